The third-order valence-corrected chi connectivity index (χ3v) is 17.6. The Labute approximate surface area is 259 Å². The van der Waals surface area contributed by atoms with Gasteiger partial charge in [0.1, 0.15) is 0 Å². The van der Waals surface area contributed by atoms with Crippen molar-refractivity contribution in [3.63, 3.8) is 0 Å². The van der Waals surface area contributed by atoms with Crippen molar-refractivity contribution in [2.45, 2.75) is 115 Å². The Morgan fingerprint density at radius 3 is 1.54 bits per heavy atom. The SMILES string of the molecule is CC(C)(C)C1=CC[C]([Zr+2](=[C]2CCCCC2)[CH]2c3cc(C(C)(C)C)ccc3-c3ccc(C(C)(C)C)cc32)=C1.[Cl-].[Cl-]. The van der Waals surface area contributed by atoms with Crippen LogP contribution >= 0.6 is 0 Å². The van der Waals surface area contributed by atoms with Crippen LogP contribution in [0.2, 0.25) is 0 Å². The number of hydrogen-bond acceptors (Lipinski definition) is 0. The second-order valence-corrected chi connectivity index (χ2v) is 21.7. The van der Waals surface area contributed by atoms with E-state index >= 15 is 0 Å². The van der Waals surface area contributed by atoms with E-state index in [1.807, 2.05) is 6.49 Å². The monoisotopic (exact) mass is 640 g/mol. The Bertz CT molecular complexity index is 1250. The van der Waals surface area contributed by atoms with Crippen LogP contribution in [0.25, 0.3) is 11.1 Å². The smallest absolute Gasteiger partial charge is 1.00 e. The Kier molecular flexibility index (Phi) is 9.96. The molecule has 2 aromatic rings. The molecular formula is C36H48Cl2Zr. The predicted molar refractivity (Wildman–Crippen MR) is 159 cm³/mol. The summed E-state index contributed by atoms with van der Waals surface area (Å²) in [5.74, 6) is 0. The van der Waals surface area contributed by atoms with Crippen molar-refractivity contribution in [3.05, 3.63) is 79.7 Å². The van der Waals surface area contributed by atoms with Crippen LogP contribution in [0.15, 0.2) is 57.4 Å². The number of allylic oxidation sites excluding steroid dienone is 4. The maximum absolute atomic E-state index is 2.69. The molecule has 39 heavy (non-hydrogen) atoms. The van der Waals surface area contributed by atoms with Gasteiger partial charge >= 0.3 is 236 Å². The van der Waals surface area contributed by atoms with Gasteiger partial charge < -0.3 is 24.8 Å². The molecule has 1 fully saturated rings. The number of benzene rings is 2. The van der Waals surface area contributed by atoms with E-state index < -0.39 is 21.3 Å². The molecule has 2 aromatic carbocycles. The summed E-state index contributed by atoms with van der Waals surface area (Å²) in [5, 5.41) is 0. The molecule has 0 saturated heterocycles. The van der Waals surface area contributed by atoms with E-state index in [2.05, 4.69) is 111 Å². The van der Waals surface area contributed by atoms with E-state index in [1.54, 1.807) is 16.7 Å². The van der Waals surface area contributed by atoms with Crippen LogP contribution in [0.1, 0.15) is 127 Å². The summed E-state index contributed by atoms with van der Waals surface area (Å²) in [7, 11) is 0. The molecule has 0 atom stereocenters. The zero-order valence-corrected chi connectivity index (χ0v) is 29.7. The molecular weight excluding hydrogens is 595 g/mol. The van der Waals surface area contributed by atoms with Crippen LogP contribution in [0.4, 0.5) is 0 Å². The summed E-state index contributed by atoms with van der Waals surface area (Å²) >= 11 is -2.23. The number of hydrogen-bond donors (Lipinski definition) is 0. The fourth-order valence-electron chi connectivity index (χ4n) is 6.61. The van der Waals surface area contributed by atoms with Crippen molar-refractivity contribution >= 4 is 3.21 Å². The molecule has 3 aliphatic carbocycles. The first-order valence-electron chi connectivity index (χ1n) is 14.7. The van der Waals surface area contributed by atoms with Gasteiger partial charge in [-0.05, 0) is 0 Å². The van der Waals surface area contributed by atoms with Gasteiger partial charge in [0, 0.05) is 0 Å². The number of halogens is 2. The van der Waals surface area contributed by atoms with E-state index in [4.69, 9.17) is 0 Å². The first-order valence-corrected chi connectivity index (χ1v) is 18.6. The quantitative estimate of drug-likeness (QED) is 0.457. The first kappa shape index (κ1) is 32.8. The molecule has 0 radical (unpaired) electrons. The van der Waals surface area contributed by atoms with Crippen molar-refractivity contribution < 1.29 is 46.1 Å². The summed E-state index contributed by atoms with van der Waals surface area (Å²) in [6.45, 7) is 21.4. The van der Waals surface area contributed by atoms with Gasteiger partial charge in [0.2, 0.25) is 0 Å². The minimum atomic E-state index is -2.23. The van der Waals surface area contributed by atoms with Crippen LogP contribution < -0.4 is 24.8 Å². The van der Waals surface area contributed by atoms with Gasteiger partial charge in [-0.3, -0.25) is 0 Å². The van der Waals surface area contributed by atoms with E-state index in [9.17, 15) is 0 Å². The molecule has 0 amide bonds. The topological polar surface area (TPSA) is 0 Å². The largest absolute Gasteiger partial charge is 1.00 e. The van der Waals surface area contributed by atoms with Gasteiger partial charge in [-0.1, -0.05) is 0 Å². The molecule has 5 rings (SSSR count). The molecule has 3 aliphatic rings. The van der Waals surface area contributed by atoms with Crippen LogP contribution in [0.3, 0.4) is 0 Å². The average Bonchev–Trinajstić information content (AvgIpc) is 3.43. The molecule has 0 N–H and O–H groups in total. The summed E-state index contributed by atoms with van der Waals surface area (Å²) in [5.41, 5.74) is 11.5. The van der Waals surface area contributed by atoms with Gasteiger partial charge in [0.05, 0.1) is 0 Å². The first-order chi connectivity index (χ1) is 17.2. The van der Waals surface area contributed by atoms with E-state index in [-0.39, 0.29) is 41.1 Å². The van der Waals surface area contributed by atoms with Gasteiger partial charge in [-0.2, -0.15) is 0 Å². The third kappa shape index (κ3) is 6.52. The van der Waals surface area contributed by atoms with Crippen molar-refractivity contribution in [1.82, 2.24) is 0 Å². The molecule has 210 valence electrons. The minimum absolute atomic E-state index is 0. The Morgan fingerprint density at radius 1 is 0.641 bits per heavy atom. The zero-order chi connectivity index (χ0) is 26.8. The van der Waals surface area contributed by atoms with Crippen molar-refractivity contribution in [2.75, 3.05) is 0 Å². The summed E-state index contributed by atoms with van der Waals surface area (Å²) in [6, 6.07) is 15.0. The van der Waals surface area contributed by atoms with Gasteiger partial charge in [-0.15, -0.1) is 0 Å². The maximum Gasteiger partial charge on any atom is -1.00 e. The fraction of sp³-hybridized carbons (Fsp3) is 0.528. The standard InChI is InChI=1S/C21H25.C9H13.C6H10.2ClH.Zr/c1-20(2,3)16-7-9-18-14(12-16)11-15-13-17(21(4,5)6)8-10-19(15)18;1-9(2,3)8-6-4-5-7-8;1-2-4-6-5-3-1;;;/h7-13H,1-6H3;6-7H,4H2,1-3H3;1-5H2;2*1H;/q;;;;;+2/p-2. The second kappa shape index (κ2) is 11.9. The Morgan fingerprint density at radius 2 is 1.13 bits per heavy atom. The normalized spacial score (nSPS) is 17.3. The van der Waals surface area contributed by atoms with Gasteiger partial charge in [0.25, 0.3) is 0 Å². The number of rotatable bonds is 2. The van der Waals surface area contributed by atoms with Crippen molar-refractivity contribution in [1.29, 1.82) is 0 Å². The van der Waals surface area contributed by atoms with E-state index in [0.717, 1.165) is 0 Å². The van der Waals surface area contributed by atoms with Crippen molar-refractivity contribution in [3.8, 4) is 11.1 Å². The molecule has 0 spiro atoms. The molecule has 0 aliphatic heterocycles. The average molecular weight is 643 g/mol. The molecule has 3 heteroatoms. The molecule has 0 aromatic heterocycles. The predicted octanol–water partition coefficient (Wildman–Crippen LogP) is 4.37. The minimum Gasteiger partial charge on any atom is -1.00 e. The maximum atomic E-state index is 2.69. The molecule has 1 saturated carbocycles. The van der Waals surface area contributed by atoms with Crippen LogP contribution in [0, 0.1) is 5.41 Å². The molecule has 0 heterocycles. The van der Waals surface area contributed by atoms with E-state index in [0.29, 0.717) is 3.63 Å². The van der Waals surface area contributed by atoms with Crippen LogP contribution in [-0.4, -0.2) is 3.21 Å². The summed E-state index contributed by atoms with van der Waals surface area (Å²) < 4.78 is 4.48. The van der Waals surface area contributed by atoms with Crippen molar-refractivity contribution in [2.24, 2.45) is 5.41 Å². The van der Waals surface area contributed by atoms with Gasteiger partial charge in [-0.25, -0.2) is 0 Å². The second-order valence-electron chi connectivity index (χ2n) is 14.9. The summed E-state index contributed by atoms with van der Waals surface area (Å²) in [6.07, 6.45) is 13.5. The van der Waals surface area contributed by atoms with Crippen LogP contribution in [0.5, 0.6) is 0 Å². The van der Waals surface area contributed by atoms with Crippen LogP contribution in [-0.2, 0) is 32.1 Å². The molecule has 0 nitrogen and oxygen atoms in total. The Hall–Kier alpha value is -0.747. The van der Waals surface area contributed by atoms with Gasteiger partial charge in [0.15, 0.2) is 0 Å². The zero-order valence-electron chi connectivity index (χ0n) is 25.7. The summed E-state index contributed by atoms with van der Waals surface area (Å²) in [4.78, 5) is 0. The third-order valence-electron chi connectivity index (χ3n) is 8.96. The number of fused-ring (bicyclic) bond motifs is 3. The fourth-order valence-corrected chi connectivity index (χ4v) is 16.1. The van der Waals surface area contributed by atoms with E-state index in [1.165, 1.54) is 60.8 Å². The Balaban J connectivity index is 0.00000210. The molecule has 0 unspecified atom stereocenters. The molecule has 0 bridgehead atoms.